The highest BCUT2D eigenvalue weighted by Crippen LogP contribution is 2.40. The van der Waals surface area contributed by atoms with Crippen molar-refractivity contribution in [2.45, 2.75) is 42.5 Å². The van der Waals surface area contributed by atoms with Gasteiger partial charge in [-0.15, -0.1) is 11.6 Å². The lowest BCUT2D eigenvalue weighted by Gasteiger charge is -2.27. The Labute approximate surface area is 218 Å². The molecule has 0 aliphatic carbocycles. The van der Waals surface area contributed by atoms with Gasteiger partial charge in [-0.25, -0.2) is 0 Å². The summed E-state index contributed by atoms with van der Waals surface area (Å²) in [5.74, 6) is 1.04. The first-order chi connectivity index (χ1) is 15.0. The van der Waals surface area contributed by atoms with E-state index in [0.29, 0.717) is 21.5 Å². The number of halogens is 4. The summed E-state index contributed by atoms with van der Waals surface area (Å²) in [6, 6.07) is 11.3. The van der Waals surface area contributed by atoms with Crippen molar-refractivity contribution < 1.29 is 24.4 Å². The summed E-state index contributed by atoms with van der Waals surface area (Å²) in [6.07, 6.45) is -1.50. The average molecular weight is 618 g/mol. The molecule has 9 heteroatoms. The van der Waals surface area contributed by atoms with Crippen molar-refractivity contribution in [2.75, 3.05) is 25.7 Å². The van der Waals surface area contributed by atoms with Gasteiger partial charge in [0.25, 0.3) is 0 Å². The van der Waals surface area contributed by atoms with Crippen molar-refractivity contribution in [2.24, 2.45) is 0 Å². The molecule has 32 heavy (non-hydrogen) atoms. The van der Waals surface area contributed by atoms with Crippen molar-refractivity contribution >= 4 is 57.4 Å². The molecule has 2 aromatic rings. The van der Waals surface area contributed by atoms with Gasteiger partial charge in [-0.3, -0.25) is 0 Å². The molecule has 0 saturated carbocycles. The van der Waals surface area contributed by atoms with Gasteiger partial charge >= 0.3 is 0 Å². The maximum atomic E-state index is 9.94. The van der Waals surface area contributed by atoms with Crippen LogP contribution in [0.4, 0.5) is 0 Å². The zero-order chi connectivity index (χ0) is 23.9. The summed E-state index contributed by atoms with van der Waals surface area (Å²) in [7, 11) is 0. The monoisotopic (exact) mass is 616 g/mol. The summed E-state index contributed by atoms with van der Waals surface area (Å²) < 4.78 is 16.6. The number of aliphatic hydroxyl groups excluding tert-OH is 2. The maximum absolute atomic E-state index is 9.94. The molecule has 178 valence electrons. The molecule has 2 N–H and O–H groups in total. The van der Waals surface area contributed by atoms with E-state index in [4.69, 9.17) is 49.0 Å². The molecule has 0 radical (unpaired) electrons. The van der Waals surface area contributed by atoms with E-state index in [1.165, 1.54) is 0 Å². The third-order valence-corrected chi connectivity index (χ3v) is 6.13. The van der Waals surface area contributed by atoms with Crippen LogP contribution in [-0.4, -0.2) is 52.2 Å². The fourth-order valence-electron chi connectivity index (χ4n) is 2.90. The number of ether oxygens (including phenoxy) is 3. The minimum Gasteiger partial charge on any atom is -0.491 e. The summed E-state index contributed by atoms with van der Waals surface area (Å²) in [4.78, 5) is 0. The molecule has 0 aliphatic rings. The molecule has 2 aromatic carbocycles. The smallest absolute Gasteiger partial charge is 0.156 e. The molecule has 0 amide bonds. The topological polar surface area (TPSA) is 68.2 Å². The quantitative estimate of drug-likeness (QED) is 0.232. The van der Waals surface area contributed by atoms with Crippen molar-refractivity contribution in [1.82, 2.24) is 0 Å². The van der Waals surface area contributed by atoms with E-state index in [-0.39, 0.29) is 29.8 Å². The minimum absolute atomic E-state index is 0.00502. The fraction of sp³-hybridized carbons (Fsp3) is 0.478. The molecule has 0 heterocycles. The third-order valence-electron chi connectivity index (χ3n) is 4.85. The summed E-state index contributed by atoms with van der Waals surface area (Å²) in [5.41, 5.74) is 1.54. The normalized spacial score (nSPS) is 14.7. The van der Waals surface area contributed by atoms with E-state index in [1.54, 1.807) is 0 Å². The van der Waals surface area contributed by atoms with Crippen LogP contribution in [0.2, 0.25) is 10.0 Å². The molecule has 2 rings (SSSR count). The van der Waals surface area contributed by atoms with Crippen LogP contribution in [0.1, 0.15) is 31.9 Å². The molecular weight excluding hydrogens is 590 g/mol. The molecule has 1 unspecified atom stereocenters. The highest BCUT2D eigenvalue weighted by molar-refractivity contribution is 14.1. The van der Waals surface area contributed by atoms with Crippen LogP contribution < -0.4 is 9.47 Å². The molecule has 0 spiro atoms. The highest BCUT2D eigenvalue weighted by Gasteiger charge is 2.26. The number of alkyl halides is 2. The molecule has 3 atom stereocenters. The molecule has 5 nitrogen and oxygen atoms in total. The largest absolute Gasteiger partial charge is 0.491 e. The predicted molar refractivity (Wildman–Crippen MR) is 138 cm³/mol. The van der Waals surface area contributed by atoms with Crippen LogP contribution >= 0.6 is 57.4 Å². The van der Waals surface area contributed by atoms with Gasteiger partial charge in [-0.1, -0.05) is 71.8 Å². The van der Waals surface area contributed by atoms with Crippen LogP contribution in [-0.2, 0) is 10.2 Å². The van der Waals surface area contributed by atoms with Crippen molar-refractivity contribution in [1.29, 1.82) is 0 Å². The Bertz CT molecular complexity index is 838. The zero-order valence-corrected chi connectivity index (χ0v) is 22.6. The van der Waals surface area contributed by atoms with E-state index in [2.05, 4.69) is 36.4 Å². The first-order valence-electron chi connectivity index (χ1n) is 10.1. The van der Waals surface area contributed by atoms with Gasteiger partial charge in [-0.2, -0.15) is 0 Å². The molecule has 0 aromatic heterocycles. The lowest BCUT2D eigenvalue weighted by atomic mass is 9.78. The number of aliphatic hydroxyl groups is 2. The van der Waals surface area contributed by atoms with Gasteiger partial charge in [0.15, 0.2) is 5.75 Å². The van der Waals surface area contributed by atoms with Gasteiger partial charge in [0, 0.05) is 5.41 Å². The van der Waals surface area contributed by atoms with Gasteiger partial charge in [0.2, 0.25) is 0 Å². The lowest BCUT2D eigenvalue weighted by Crippen LogP contribution is -2.24. The van der Waals surface area contributed by atoms with E-state index in [1.807, 2.05) is 43.3 Å². The SMILES string of the molecule is CC(I)OC[C@H](O)COc1ccc(C(C)(C)c2cc(Cl)c(OC[C@@H](O)CCl)c(Cl)c2)cc1. The van der Waals surface area contributed by atoms with Crippen molar-refractivity contribution in [3.05, 3.63) is 57.6 Å². The van der Waals surface area contributed by atoms with Gasteiger partial charge in [-0.05, 0) is 42.3 Å². The molecule has 0 saturated heterocycles. The van der Waals surface area contributed by atoms with Crippen LogP contribution in [0.3, 0.4) is 0 Å². The highest BCUT2D eigenvalue weighted by atomic mass is 127. The Balaban J connectivity index is 2.09. The Morgan fingerprint density at radius 3 is 2.00 bits per heavy atom. The summed E-state index contributed by atoms with van der Waals surface area (Å²) in [5, 5.41) is 20.3. The number of rotatable bonds is 12. The standard InChI is InChI=1S/C23H28Cl3IO5/c1-14(27)30-12-18(29)13-31-19-6-4-15(5-7-19)23(2,3)16-8-20(25)22(21(26)9-16)32-11-17(28)10-24/h4-9,14,17-18,28-29H,10-13H2,1-3H3/t14?,17-,18-/m0/s1. The Hall–Kier alpha value is -0.480. The van der Waals surface area contributed by atoms with Gasteiger partial charge in [0.05, 0.1) is 22.5 Å². The number of hydrogen-bond donors (Lipinski definition) is 2. The minimum atomic E-state index is -0.802. The molecule has 0 bridgehead atoms. The molecule has 0 fully saturated rings. The zero-order valence-electron chi connectivity index (χ0n) is 18.2. The fourth-order valence-corrected chi connectivity index (χ4v) is 3.79. The second kappa shape index (κ2) is 12.8. The third kappa shape index (κ3) is 8.08. The first kappa shape index (κ1) is 27.8. The van der Waals surface area contributed by atoms with Crippen molar-refractivity contribution in [3.63, 3.8) is 0 Å². The van der Waals surface area contributed by atoms with E-state index < -0.39 is 17.6 Å². The molecular formula is C23H28Cl3IO5. The second-order valence-electron chi connectivity index (χ2n) is 7.88. The van der Waals surface area contributed by atoms with Crippen LogP contribution in [0.5, 0.6) is 11.5 Å². The van der Waals surface area contributed by atoms with E-state index >= 15 is 0 Å². The number of benzene rings is 2. The average Bonchev–Trinajstić information content (AvgIpc) is 2.75. The van der Waals surface area contributed by atoms with Crippen LogP contribution in [0, 0.1) is 0 Å². The van der Waals surface area contributed by atoms with E-state index in [0.717, 1.165) is 11.1 Å². The van der Waals surface area contributed by atoms with Gasteiger partial charge < -0.3 is 24.4 Å². The van der Waals surface area contributed by atoms with Crippen molar-refractivity contribution in [3.8, 4) is 11.5 Å². The Morgan fingerprint density at radius 1 is 0.906 bits per heavy atom. The first-order valence-corrected chi connectivity index (χ1v) is 12.6. The predicted octanol–water partition coefficient (Wildman–Crippen LogP) is 5.84. The second-order valence-corrected chi connectivity index (χ2v) is 10.8. The van der Waals surface area contributed by atoms with Crippen LogP contribution in [0.15, 0.2) is 36.4 Å². The number of hydrogen-bond acceptors (Lipinski definition) is 5. The lowest BCUT2D eigenvalue weighted by molar-refractivity contribution is 0.0114. The van der Waals surface area contributed by atoms with Gasteiger partial charge in [0.1, 0.15) is 35.3 Å². The maximum Gasteiger partial charge on any atom is 0.156 e. The summed E-state index contributed by atoms with van der Waals surface area (Å²) in [6.45, 7) is 6.41. The van der Waals surface area contributed by atoms with E-state index in [9.17, 15) is 10.2 Å². The summed E-state index contributed by atoms with van der Waals surface area (Å²) >= 11 is 20.6. The van der Waals surface area contributed by atoms with Crippen LogP contribution in [0.25, 0.3) is 0 Å². The Kier molecular flexibility index (Phi) is 11.1. The molecule has 0 aliphatic heterocycles. The Morgan fingerprint density at radius 2 is 1.47 bits per heavy atom.